The first-order chi connectivity index (χ1) is 10.7. The van der Waals surface area contributed by atoms with E-state index in [1.54, 1.807) is 0 Å². The molecule has 5 heteroatoms. The summed E-state index contributed by atoms with van der Waals surface area (Å²) >= 11 is 0. The summed E-state index contributed by atoms with van der Waals surface area (Å²) in [6.07, 6.45) is 5.25. The lowest BCUT2D eigenvalue weighted by Gasteiger charge is -2.35. The third-order valence-electron chi connectivity index (χ3n) is 5.88. The van der Waals surface area contributed by atoms with Crippen molar-refractivity contribution in [1.82, 2.24) is 9.80 Å². The van der Waals surface area contributed by atoms with Crippen LogP contribution >= 0.6 is 0 Å². The normalized spacial score (nSPS) is 34.4. The first-order valence-electron chi connectivity index (χ1n) is 9.06. The quantitative estimate of drug-likeness (QED) is 0.680. The molecule has 2 aliphatic carbocycles. The van der Waals surface area contributed by atoms with Gasteiger partial charge < -0.3 is 14.9 Å². The zero-order valence-corrected chi connectivity index (χ0v) is 13.7. The molecule has 1 heterocycles. The highest BCUT2D eigenvalue weighted by Gasteiger charge is 2.39. The van der Waals surface area contributed by atoms with Crippen molar-refractivity contribution in [3.05, 3.63) is 0 Å². The molecule has 2 N–H and O–H groups in total. The number of β-amino-alcohol motifs (C(OH)–C–C–N with tert-alkyl or cyclic N) is 2. The van der Waals surface area contributed by atoms with Crippen LogP contribution in [0.3, 0.4) is 0 Å². The van der Waals surface area contributed by atoms with Gasteiger partial charge in [-0.3, -0.25) is 9.80 Å². The van der Waals surface area contributed by atoms with Crippen molar-refractivity contribution in [2.24, 2.45) is 17.8 Å². The minimum atomic E-state index is -0.372. The van der Waals surface area contributed by atoms with Crippen molar-refractivity contribution in [1.29, 1.82) is 0 Å². The van der Waals surface area contributed by atoms with E-state index in [-0.39, 0.29) is 12.7 Å². The van der Waals surface area contributed by atoms with Crippen LogP contribution in [0.4, 0.5) is 0 Å². The summed E-state index contributed by atoms with van der Waals surface area (Å²) in [5.41, 5.74) is 0. The minimum absolute atomic E-state index is 0.236. The molecule has 0 aromatic carbocycles. The van der Waals surface area contributed by atoms with Crippen LogP contribution in [0.15, 0.2) is 0 Å². The molecule has 5 nitrogen and oxygen atoms in total. The first-order valence-corrected chi connectivity index (χ1v) is 9.06. The zero-order valence-electron chi connectivity index (χ0n) is 13.7. The highest BCUT2D eigenvalue weighted by Crippen LogP contribution is 2.48. The van der Waals surface area contributed by atoms with E-state index in [0.29, 0.717) is 13.2 Å². The Morgan fingerprint density at radius 1 is 1.05 bits per heavy atom. The molecular weight excluding hydrogens is 280 g/mol. The predicted molar refractivity (Wildman–Crippen MR) is 85.7 cm³/mol. The van der Waals surface area contributed by atoms with Crippen LogP contribution < -0.4 is 0 Å². The molecule has 2 bridgehead atoms. The highest BCUT2D eigenvalue weighted by atomic mass is 16.5. The Bertz CT molecular complexity index is 334. The van der Waals surface area contributed by atoms with Crippen LogP contribution in [0.1, 0.15) is 25.7 Å². The molecule has 4 atom stereocenters. The van der Waals surface area contributed by atoms with E-state index >= 15 is 0 Å². The van der Waals surface area contributed by atoms with Gasteiger partial charge in [0.15, 0.2) is 0 Å². The summed E-state index contributed by atoms with van der Waals surface area (Å²) in [5.74, 6) is 2.63. The molecule has 0 aromatic heterocycles. The fourth-order valence-corrected chi connectivity index (χ4v) is 4.62. The van der Waals surface area contributed by atoms with Gasteiger partial charge in [-0.15, -0.1) is 0 Å². The van der Waals surface area contributed by atoms with Crippen molar-refractivity contribution < 1.29 is 14.9 Å². The Labute approximate surface area is 134 Å². The highest BCUT2D eigenvalue weighted by molar-refractivity contribution is 4.89. The van der Waals surface area contributed by atoms with Crippen LogP contribution in [-0.4, -0.2) is 85.2 Å². The maximum absolute atomic E-state index is 10.2. The standard InChI is InChI=1S/C17H32N2O3/c20-8-7-18-3-5-19(6-4-18)11-17(21)13-22-12-16-10-14-1-2-15(16)9-14/h14-17,20-21H,1-13H2/t14-,15+,16-,17-/m1/s1. The molecule has 2 saturated carbocycles. The number of aliphatic hydroxyl groups is 2. The van der Waals surface area contributed by atoms with Gasteiger partial charge >= 0.3 is 0 Å². The maximum Gasteiger partial charge on any atom is 0.0900 e. The summed E-state index contributed by atoms with van der Waals surface area (Å²) in [6.45, 7) is 6.96. The lowest BCUT2D eigenvalue weighted by Crippen LogP contribution is -2.49. The van der Waals surface area contributed by atoms with Gasteiger partial charge in [-0.2, -0.15) is 0 Å². The van der Waals surface area contributed by atoms with Crippen LogP contribution in [0, 0.1) is 17.8 Å². The number of fused-ring (bicyclic) bond motifs is 2. The third kappa shape index (κ3) is 4.42. The third-order valence-corrected chi connectivity index (χ3v) is 5.88. The van der Waals surface area contributed by atoms with Gasteiger partial charge in [0, 0.05) is 45.9 Å². The Balaban J connectivity index is 1.26. The molecule has 0 aromatic rings. The SMILES string of the molecule is OCCN1CCN(C[C@@H](O)COC[C@H]2C[C@@H]3CC[C@H]2C3)CC1. The summed E-state index contributed by atoms with van der Waals surface area (Å²) in [5, 5.41) is 19.1. The van der Waals surface area contributed by atoms with Gasteiger partial charge in [-0.05, 0) is 37.0 Å². The number of aliphatic hydroxyl groups excluding tert-OH is 2. The number of piperazine rings is 1. The largest absolute Gasteiger partial charge is 0.395 e. The average Bonchev–Trinajstić information content (AvgIpc) is 3.12. The Kier molecular flexibility index (Phi) is 6.10. The van der Waals surface area contributed by atoms with Crippen molar-refractivity contribution >= 4 is 0 Å². The fraction of sp³-hybridized carbons (Fsp3) is 1.00. The Morgan fingerprint density at radius 2 is 1.82 bits per heavy atom. The molecule has 0 spiro atoms. The smallest absolute Gasteiger partial charge is 0.0900 e. The maximum atomic E-state index is 10.2. The molecule has 0 amide bonds. The van der Waals surface area contributed by atoms with Crippen molar-refractivity contribution in [3.8, 4) is 0 Å². The molecule has 3 aliphatic rings. The van der Waals surface area contributed by atoms with E-state index in [4.69, 9.17) is 9.84 Å². The van der Waals surface area contributed by atoms with E-state index in [0.717, 1.165) is 57.1 Å². The van der Waals surface area contributed by atoms with E-state index in [1.807, 2.05) is 0 Å². The van der Waals surface area contributed by atoms with Gasteiger partial charge in [-0.1, -0.05) is 6.42 Å². The van der Waals surface area contributed by atoms with Crippen molar-refractivity contribution in [2.75, 3.05) is 59.1 Å². The molecule has 0 radical (unpaired) electrons. The van der Waals surface area contributed by atoms with Gasteiger partial charge in [0.2, 0.25) is 0 Å². The molecule has 3 fully saturated rings. The molecular formula is C17H32N2O3. The predicted octanol–water partition coefficient (Wildman–Crippen LogP) is 0.410. The second-order valence-corrected chi connectivity index (χ2v) is 7.49. The number of rotatable bonds is 8. The van der Waals surface area contributed by atoms with Gasteiger partial charge in [0.05, 0.1) is 19.3 Å². The van der Waals surface area contributed by atoms with Crippen LogP contribution in [-0.2, 0) is 4.74 Å². The van der Waals surface area contributed by atoms with Gasteiger partial charge in [0.1, 0.15) is 0 Å². The second-order valence-electron chi connectivity index (χ2n) is 7.49. The van der Waals surface area contributed by atoms with Crippen molar-refractivity contribution in [3.63, 3.8) is 0 Å². The fourth-order valence-electron chi connectivity index (χ4n) is 4.62. The molecule has 128 valence electrons. The van der Waals surface area contributed by atoms with Crippen LogP contribution in [0.2, 0.25) is 0 Å². The van der Waals surface area contributed by atoms with E-state index in [2.05, 4.69) is 9.80 Å². The molecule has 0 unspecified atom stereocenters. The Hall–Kier alpha value is -0.200. The summed E-state index contributed by atoms with van der Waals surface area (Å²) in [6, 6.07) is 0. The van der Waals surface area contributed by atoms with E-state index in [1.165, 1.54) is 25.7 Å². The number of hydrogen-bond acceptors (Lipinski definition) is 5. The molecule has 22 heavy (non-hydrogen) atoms. The van der Waals surface area contributed by atoms with Crippen LogP contribution in [0.5, 0.6) is 0 Å². The van der Waals surface area contributed by atoms with E-state index < -0.39 is 0 Å². The summed E-state index contributed by atoms with van der Waals surface area (Å²) in [4.78, 5) is 4.58. The topological polar surface area (TPSA) is 56.2 Å². The average molecular weight is 312 g/mol. The number of ether oxygens (including phenoxy) is 1. The summed E-state index contributed by atoms with van der Waals surface area (Å²) < 4.78 is 5.81. The number of nitrogens with zero attached hydrogens (tertiary/aromatic N) is 2. The lowest BCUT2D eigenvalue weighted by molar-refractivity contribution is -0.00919. The molecule has 1 saturated heterocycles. The van der Waals surface area contributed by atoms with Crippen LogP contribution in [0.25, 0.3) is 0 Å². The zero-order chi connectivity index (χ0) is 15.4. The van der Waals surface area contributed by atoms with Gasteiger partial charge in [-0.25, -0.2) is 0 Å². The van der Waals surface area contributed by atoms with Gasteiger partial charge in [0.25, 0.3) is 0 Å². The van der Waals surface area contributed by atoms with E-state index in [9.17, 15) is 5.11 Å². The minimum Gasteiger partial charge on any atom is -0.395 e. The first kappa shape index (κ1) is 16.7. The second kappa shape index (κ2) is 8.06. The van der Waals surface area contributed by atoms with Crippen molar-refractivity contribution in [2.45, 2.75) is 31.8 Å². The Morgan fingerprint density at radius 3 is 2.45 bits per heavy atom. The molecule has 1 aliphatic heterocycles. The molecule has 3 rings (SSSR count). The lowest BCUT2D eigenvalue weighted by atomic mass is 9.90. The summed E-state index contributed by atoms with van der Waals surface area (Å²) in [7, 11) is 0. The monoisotopic (exact) mass is 312 g/mol. The number of hydrogen-bond donors (Lipinski definition) is 2.